The number of nitrogens with zero attached hydrogens (tertiary/aromatic N) is 2. The van der Waals surface area contributed by atoms with Crippen LogP contribution in [-0.4, -0.2) is 33.5 Å². The van der Waals surface area contributed by atoms with Gasteiger partial charge in [0.25, 0.3) is 0 Å². The summed E-state index contributed by atoms with van der Waals surface area (Å²) < 4.78 is 0. The van der Waals surface area contributed by atoms with Crippen molar-refractivity contribution in [3.63, 3.8) is 0 Å². The molecule has 1 aliphatic heterocycles. The van der Waals surface area contributed by atoms with Crippen LogP contribution in [0.2, 0.25) is 0 Å². The van der Waals surface area contributed by atoms with Gasteiger partial charge in [0.2, 0.25) is 5.91 Å². The Balaban J connectivity index is 1.98. The maximum atomic E-state index is 12.0. The Kier molecular flexibility index (Phi) is 5.25. The molecule has 0 N–H and O–H groups in total. The molecule has 4 heteroatoms. The average Bonchev–Trinajstić information content (AvgIpc) is 2.81. The summed E-state index contributed by atoms with van der Waals surface area (Å²) in [5, 5.41) is 0.367. The fraction of sp³-hybridized carbons (Fsp3) is 0.600. The van der Waals surface area contributed by atoms with Crippen LogP contribution in [0.15, 0.2) is 24.4 Å². The van der Waals surface area contributed by atoms with Crippen molar-refractivity contribution in [3.05, 3.63) is 30.1 Å². The van der Waals surface area contributed by atoms with Crippen LogP contribution in [0.1, 0.15) is 32.4 Å². The minimum absolute atomic E-state index is 0.290. The number of hydrogen-bond donors (Lipinski definition) is 0. The van der Waals surface area contributed by atoms with Gasteiger partial charge in [-0.25, -0.2) is 0 Å². The van der Waals surface area contributed by atoms with Crippen LogP contribution in [0.25, 0.3) is 0 Å². The van der Waals surface area contributed by atoms with Gasteiger partial charge in [-0.15, -0.1) is 11.8 Å². The van der Waals surface area contributed by atoms with Gasteiger partial charge in [-0.1, -0.05) is 32.8 Å². The number of carbonyl (C=O) groups excluding carboxylic acids is 1. The summed E-state index contributed by atoms with van der Waals surface area (Å²) >= 11 is 1.81. The second-order valence-corrected chi connectivity index (χ2v) is 6.04. The zero-order valence-electron chi connectivity index (χ0n) is 11.7. The molecule has 0 saturated carbocycles. The van der Waals surface area contributed by atoms with E-state index < -0.39 is 0 Å². The lowest BCUT2D eigenvalue weighted by Crippen LogP contribution is -2.38. The molecule has 1 aromatic rings. The van der Waals surface area contributed by atoms with Gasteiger partial charge >= 0.3 is 0 Å². The van der Waals surface area contributed by atoms with Crippen LogP contribution >= 0.6 is 11.8 Å². The average molecular weight is 278 g/mol. The molecule has 104 valence electrons. The third-order valence-electron chi connectivity index (χ3n) is 3.79. The molecule has 1 amide bonds. The highest BCUT2D eigenvalue weighted by molar-refractivity contribution is 8.01. The van der Waals surface area contributed by atoms with Gasteiger partial charge in [-0.3, -0.25) is 9.78 Å². The van der Waals surface area contributed by atoms with Gasteiger partial charge in [0.05, 0.1) is 11.1 Å². The Morgan fingerprint density at radius 1 is 1.42 bits per heavy atom. The normalized spacial score (nSPS) is 19.4. The van der Waals surface area contributed by atoms with E-state index in [9.17, 15) is 4.79 Å². The first-order valence-electron chi connectivity index (χ1n) is 7.07. The first-order chi connectivity index (χ1) is 9.26. The molecule has 0 radical (unpaired) electrons. The molecular weight excluding hydrogens is 256 g/mol. The first-order valence-corrected chi connectivity index (χ1v) is 8.12. The van der Waals surface area contributed by atoms with Gasteiger partial charge in [-0.2, -0.15) is 0 Å². The Labute approximate surface area is 119 Å². The lowest BCUT2D eigenvalue weighted by Gasteiger charge is -2.29. The van der Waals surface area contributed by atoms with E-state index in [0.717, 1.165) is 31.5 Å². The first kappa shape index (κ1) is 14.4. The van der Waals surface area contributed by atoms with Gasteiger partial charge in [0.15, 0.2) is 0 Å². The third-order valence-corrected chi connectivity index (χ3v) is 5.19. The number of rotatable bonds is 6. The smallest absolute Gasteiger partial charge is 0.233 e. The van der Waals surface area contributed by atoms with E-state index in [4.69, 9.17) is 0 Å². The molecule has 1 unspecified atom stereocenters. The predicted octanol–water partition coefficient (Wildman–Crippen LogP) is 2.96. The number of amides is 1. The molecule has 0 bridgehead atoms. The number of thioether (sulfide) groups is 1. The van der Waals surface area contributed by atoms with Crippen LogP contribution in [0, 0.1) is 5.92 Å². The van der Waals surface area contributed by atoms with Crippen LogP contribution in [0.5, 0.6) is 0 Å². The van der Waals surface area contributed by atoms with Crippen LogP contribution in [0.4, 0.5) is 0 Å². The molecule has 19 heavy (non-hydrogen) atoms. The summed E-state index contributed by atoms with van der Waals surface area (Å²) in [7, 11) is 0. The molecule has 1 atom stereocenters. The minimum atomic E-state index is 0.290. The van der Waals surface area contributed by atoms with E-state index in [1.165, 1.54) is 0 Å². The molecule has 1 saturated heterocycles. The highest BCUT2D eigenvalue weighted by Gasteiger charge is 2.35. The fourth-order valence-corrected chi connectivity index (χ4v) is 4.13. The molecule has 0 aromatic carbocycles. The summed E-state index contributed by atoms with van der Waals surface area (Å²) in [6, 6.07) is 5.95. The van der Waals surface area contributed by atoms with Crippen LogP contribution in [0.3, 0.4) is 0 Å². The van der Waals surface area contributed by atoms with Crippen molar-refractivity contribution >= 4 is 17.7 Å². The van der Waals surface area contributed by atoms with Gasteiger partial charge in [-0.05, 0) is 18.1 Å². The summed E-state index contributed by atoms with van der Waals surface area (Å²) in [6.45, 7) is 5.23. The van der Waals surface area contributed by atoms with E-state index in [-0.39, 0.29) is 5.91 Å². The maximum Gasteiger partial charge on any atom is 0.233 e. The molecule has 2 heterocycles. The molecule has 1 aromatic heterocycles. The quantitative estimate of drug-likeness (QED) is 0.802. The zero-order chi connectivity index (χ0) is 13.7. The number of carbonyl (C=O) groups is 1. The summed E-state index contributed by atoms with van der Waals surface area (Å²) in [6.07, 6.45) is 4.95. The lowest BCUT2D eigenvalue weighted by molar-refractivity contribution is -0.128. The Bertz CT molecular complexity index is 406. The molecule has 0 spiro atoms. The number of aromatic nitrogens is 1. The van der Waals surface area contributed by atoms with E-state index >= 15 is 0 Å². The number of pyridine rings is 1. The van der Waals surface area contributed by atoms with Crippen LogP contribution < -0.4 is 0 Å². The largest absolute Gasteiger partial charge is 0.329 e. The van der Waals surface area contributed by atoms with E-state index in [1.54, 1.807) is 11.8 Å². The van der Waals surface area contributed by atoms with Crippen molar-refractivity contribution in [1.82, 2.24) is 9.88 Å². The van der Waals surface area contributed by atoms with Crippen molar-refractivity contribution in [2.45, 2.75) is 38.5 Å². The number of hydrogen-bond acceptors (Lipinski definition) is 3. The van der Waals surface area contributed by atoms with Crippen molar-refractivity contribution in [1.29, 1.82) is 0 Å². The molecule has 2 rings (SSSR count). The molecule has 3 nitrogen and oxygen atoms in total. The van der Waals surface area contributed by atoms with Crippen molar-refractivity contribution in [2.75, 3.05) is 12.3 Å². The van der Waals surface area contributed by atoms with Crippen LogP contribution in [-0.2, 0) is 11.2 Å². The molecule has 1 fully saturated rings. The Morgan fingerprint density at radius 3 is 2.84 bits per heavy atom. The topological polar surface area (TPSA) is 33.2 Å². The highest BCUT2D eigenvalue weighted by atomic mass is 32.2. The maximum absolute atomic E-state index is 12.0. The Hall–Kier alpha value is -1.03. The van der Waals surface area contributed by atoms with Gasteiger partial charge in [0.1, 0.15) is 0 Å². The summed E-state index contributed by atoms with van der Waals surface area (Å²) in [4.78, 5) is 18.4. The zero-order valence-corrected chi connectivity index (χ0v) is 12.5. The monoisotopic (exact) mass is 278 g/mol. The van der Waals surface area contributed by atoms with Gasteiger partial charge in [0, 0.05) is 24.9 Å². The van der Waals surface area contributed by atoms with Crippen molar-refractivity contribution < 1.29 is 4.79 Å². The Morgan fingerprint density at radius 2 is 2.21 bits per heavy atom. The second kappa shape index (κ2) is 6.94. The van der Waals surface area contributed by atoms with E-state index in [2.05, 4.69) is 23.7 Å². The molecule has 0 aliphatic carbocycles. The van der Waals surface area contributed by atoms with E-state index in [0.29, 0.717) is 17.0 Å². The standard InChI is InChI=1S/C15H22N2OS/c1-3-12(4-2)15-17(14(18)11-19-15)10-8-13-7-5-6-9-16-13/h5-7,9,12,15H,3-4,8,10-11H2,1-2H3. The predicted molar refractivity (Wildman–Crippen MR) is 80.0 cm³/mol. The lowest BCUT2D eigenvalue weighted by atomic mass is 10.0. The highest BCUT2D eigenvalue weighted by Crippen LogP contribution is 2.33. The molecular formula is C15H22N2OS. The fourth-order valence-electron chi connectivity index (χ4n) is 2.59. The summed E-state index contributed by atoms with van der Waals surface area (Å²) in [5.74, 6) is 1.54. The second-order valence-electron chi connectivity index (χ2n) is 4.94. The van der Waals surface area contributed by atoms with E-state index in [1.807, 2.05) is 24.4 Å². The van der Waals surface area contributed by atoms with Crippen molar-refractivity contribution in [3.8, 4) is 0 Å². The SMILES string of the molecule is CCC(CC)C1SCC(=O)N1CCc1ccccn1. The van der Waals surface area contributed by atoms with Crippen molar-refractivity contribution in [2.24, 2.45) is 5.92 Å². The minimum Gasteiger partial charge on any atom is -0.329 e. The summed E-state index contributed by atoms with van der Waals surface area (Å²) in [5.41, 5.74) is 1.07. The van der Waals surface area contributed by atoms with Gasteiger partial charge < -0.3 is 4.90 Å². The molecule has 1 aliphatic rings. The third kappa shape index (κ3) is 3.50.